The van der Waals surface area contributed by atoms with Crippen LogP contribution in [0.15, 0.2) is 52.4 Å². The predicted octanol–water partition coefficient (Wildman–Crippen LogP) is 1.23. The molecule has 4 rings (SSSR count). The Kier molecular flexibility index (Phi) is 4.66. The minimum absolute atomic E-state index is 0.133. The van der Waals surface area contributed by atoms with Gasteiger partial charge in [0, 0.05) is 26.2 Å². The number of nitrogens with one attached hydrogen (secondary N) is 1. The molecular formula is C19H20N4O4S. The van der Waals surface area contributed by atoms with Gasteiger partial charge in [-0.05, 0) is 42.4 Å². The summed E-state index contributed by atoms with van der Waals surface area (Å²) in [4.78, 5) is 20.8. The van der Waals surface area contributed by atoms with Crippen LogP contribution >= 0.6 is 0 Å². The lowest BCUT2D eigenvalue weighted by atomic mass is 10.0. The number of fused-ring (bicyclic) bond motifs is 1. The van der Waals surface area contributed by atoms with Crippen molar-refractivity contribution in [3.8, 4) is 16.9 Å². The van der Waals surface area contributed by atoms with Crippen LogP contribution in [0.25, 0.3) is 22.0 Å². The van der Waals surface area contributed by atoms with Crippen molar-refractivity contribution < 1.29 is 13.5 Å². The molecule has 0 radical (unpaired) electrons. The number of phenolic OH excluding ortho intramolecular Hbond substituents is 1. The van der Waals surface area contributed by atoms with E-state index in [0.717, 1.165) is 0 Å². The quantitative estimate of drug-likeness (QED) is 0.685. The Balaban J connectivity index is 1.76. The fourth-order valence-electron chi connectivity index (χ4n) is 3.34. The first-order chi connectivity index (χ1) is 13.4. The van der Waals surface area contributed by atoms with Crippen molar-refractivity contribution in [1.29, 1.82) is 0 Å². The Morgan fingerprint density at radius 1 is 1.07 bits per heavy atom. The van der Waals surface area contributed by atoms with Gasteiger partial charge in [0.25, 0.3) is 5.56 Å². The molecule has 0 saturated carbocycles. The van der Waals surface area contributed by atoms with E-state index in [1.165, 1.54) is 16.7 Å². The molecule has 3 aromatic rings. The summed E-state index contributed by atoms with van der Waals surface area (Å²) in [6, 6.07) is 9.62. The second-order valence-electron chi connectivity index (χ2n) is 6.86. The highest BCUT2D eigenvalue weighted by atomic mass is 32.2. The third-order valence-electron chi connectivity index (χ3n) is 4.99. The van der Waals surface area contributed by atoms with E-state index in [2.05, 4.69) is 14.9 Å². The van der Waals surface area contributed by atoms with E-state index in [4.69, 9.17) is 0 Å². The largest absolute Gasteiger partial charge is 0.506 e. The SMILES string of the molecule is CN1CCN(S(=O)(=O)c2cccc(-c3cc(O)c4nc[nH]c(=O)c4c3)c2)CC1. The molecule has 1 fully saturated rings. The highest BCUT2D eigenvalue weighted by molar-refractivity contribution is 7.89. The summed E-state index contributed by atoms with van der Waals surface area (Å²) in [5.41, 5.74) is 0.964. The average Bonchev–Trinajstić information content (AvgIpc) is 2.69. The molecule has 0 bridgehead atoms. The number of likely N-dealkylation sites (N-methyl/N-ethyl adjacent to an activating group) is 1. The lowest BCUT2D eigenvalue weighted by molar-refractivity contribution is 0.222. The molecular weight excluding hydrogens is 380 g/mol. The lowest BCUT2D eigenvalue weighted by Gasteiger charge is -2.31. The van der Waals surface area contributed by atoms with Crippen molar-refractivity contribution in [3.05, 3.63) is 53.1 Å². The molecule has 146 valence electrons. The summed E-state index contributed by atoms with van der Waals surface area (Å²) in [5, 5.41) is 10.5. The standard InChI is InChI=1S/C19H20N4O4S/c1-22-5-7-23(8-6-22)28(26,27)15-4-2-3-13(9-15)14-10-16-18(17(24)11-14)20-12-21-19(16)25/h2-4,9-12,24H,5-8H2,1H3,(H,20,21,25). The zero-order chi connectivity index (χ0) is 19.9. The van der Waals surface area contributed by atoms with Gasteiger partial charge in [-0.1, -0.05) is 12.1 Å². The van der Waals surface area contributed by atoms with Crippen molar-refractivity contribution >= 4 is 20.9 Å². The maximum atomic E-state index is 13.0. The molecule has 0 aliphatic carbocycles. The number of aromatic amines is 1. The van der Waals surface area contributed by atoms with Crippen molar-refractivity contribution in [2.24, 2.45) is 0 Å². The second kappa shape index (κ2) is 7.01. The second-order valence-corrected chi connectivity index (χ2v) is 8.80. The van der Waals surface area contributed by atoms with Crippen molar-refractivity contribution in [1.82, 2.24) is 19.2 Å². The molecule has 8 nitrogen and oxygen atoms in total. The van der Waals surface area contributed by atoms with Crippen LogP contribution in [0.4, 0.5) is 0 Å². The number of aromatic hydroxyl groups is 1. The molecule has 0 amide bonds. The Labute approximate surface area is 162 Å². The molecule has 1 aromatic heterocycles. The number of rotatable bonds is 3. The number of piperazine rings is 1. The van der Waals surface area contributed by atoms with E-state index in [9.17, 15) is 18.3 Å². The highest BCUT2D eigenvalue weighted by Gasteiger charge is 2.27. The van der Waals surface area contributed by atoms with Gasteiger partial charge in [-0.3, -0.25) is 4.79 Å². The van der Waals surface area contributed by atoms with Crippen LogP contribution in [-0.4, -0.2) is 65.9 Å². The fourth-order valence-corrected chi connectivity index (χ4v) is 4.81. The van der Waals surface area contributed by atoms with E-state index in [-0.39, 0.29) is 27.1 Å². The minimum Gasteiger partial charge on any atom is -0.506 e. The highest BCUT2D eigenvalue weighted by Crippen LogP contribution is 2.30. The summed E-state index contributed by atoms with van der Waals surface area (Å²) >= 11 is 0. The molecule has 2 aromatic carbocycles. The average molecular weight is 400 g/mol. The summed E-state index contributed by atoms with van der Waals surface area (Å²) in [7, 11) is -1.65. The molecule has 1 aliphatic rings. The third kappa shape index (κ3) is 3.28. The predicted molar refractivity (Wildman–Crippen MR) is 106 cm³/mol. The molecule has 2 heterocycles. The number of aromatic nitrogens is 2. The van der Waals surface area contributed by atoms with E-state index in [1.807, 2.05) is 7.05 Å². The number of phenols is 1. The van der Waals surface area contributed by atoms with E-state index < -0.39 is 10.0 Å². The number of nitrogens with zero attached hydrogens (tertiary/aromatic N) is 3. The molecule has 0 atom stereocenters. The molecule has 1 aliphatic heterocycles. The van der Waals surface area contributed by atoms with Gasteiger partial charge in [-0.15, -0.1) is 0 Å². The molecule has 28 heavy (non-hydrogen) atoms. The fraction of sp³-hybridized carbons (Fsp3) is 0.263. The van der Waals surface area contributed by atoms with Crippen LogP contribution in [0.5, 0.6) is 5.75 Å². The van der Waals surface area contributed by atoms with Gasteiger partial charge in [0.1, 0.15) is 11.3 Å². The number of H-pyrrole nitrogens is 1. The van der Waals surface area contributed by atoms with Gasteiger partial charge < -0.3 is 15.0 Å². The van der Waals surface area contributed by atoms with Crippen molar-refractivity contribution in [2.45, 2.75) is 4.90 Å². The molecule has 9 heteroatoms. The third-order valence-corrected chi connectivity index (χ3v) is 6.89. The van der Waals surface area contributed by atoms with Crippen LogP contribution in [-0.2, 0) is 10.0 Å². The summed E-state index contributed by atoms with van der Waals surface area (Å²) in [6.45, 7) is 2.27. The van der Waals surface area contributed by atoms with Gasteiger partial charge >= 0.3 is 0 Å². The maximum Gasteiger partial charge on any atom is 0.258 e. The first-order valence-corrected chi connectivity index (χ1v) is 10.3. The summed E-state index contributed by atoms with van der Waals surface area (Å²) in [5.74, 6) is -0.133. The molecule has 2 N–H and O–H groups in total. The minimum atomic E-state index is -3.61. The Hall–Kier alpha value is -2.75. The molecule has 1 saturated heterocycles. The number of sulfonamides is 1. The van der Waals surface area contributed by atoms with Crippen molar-refractivity contribution in [3.63, 3.8) is 0 Å². The number of benzene rings is 2. The first-order valence-electron chi connectivity index (χ1n) is 8.86. The number of hydrogen-bond acceptors (Lipinski definition) is 6. The van der Waals surface area contributed by atoms with Gasteiger partial charge in [0.15, 0.2) is 0 Å². The normalized spacial score (nSPS) is 16.5. The monoisotopic (exact) mass is 400 g/mol. The van der Waals surface area contributed by atoms with E-state index in [0.29, 0.717) is 37.3 Å². The van der Waals surface area contributed by atoms with E-state index >= 15 is 0 Å². The summed E-state index contributed by atoms with van der Waals surface area (Å²) < 4.78 is 27.5. The van der Waals surface area contributed by atoms with E-state index in [1.54, 1.807) is 30.3 Å². The van der Waals surface area contributed by atoms with Crippen molar-refractivity contribution in [2.75, 3.05) is 33.2 Å². The van der Waals surface area contributed by atoms with Gasteiger partial charge in [-0.2, -0.15) is 4.31 Å². The maximum absolute atomic E-state index is 13.0. The van der Waals surface area contributed by atoms with Gasteiger partial charge in [0.2, 0.25) is 10.0 Å². The van der Waals surface area contributed by atoms with Crippen LogP contribution in [0.2, 0.25) is 0 Å². The first kappa shape index (κ1) is 18.6. The van der Waals surface area contributed by atoms with Gasteiger partial charge in [-0.25, -0.2) is 13.4 Å². The zero-order valence-corrected chi connectivity index (χ0v) is 16.1. The Morgan fingerprint density at radius 2 is 1.82 bits per heavy atom. The number of hydrogen-bond donors (Lipinski definition) is 2. The summed E-state index contributed by atoms with van der Waals surface area (Å²) in [6.07, 6.45) is 1.23. The van der Waals surface area contributed by atoms with Crippen LogP contribution in [0.3, 0.4) is 0 Å². The molecule has 0 unspecified atom stereocenters. The molecule has 0 spiro atoms. The zero-order valence-electron chi connectivity index (χ0n) is 15.3. The lowest BCUT2D eigenvalue weighted by Crippen LogP contribution is -2.47. The topological polar surface area (TPSA) is 107 Å². The van der Waals surface area contributed by atoms with Crippen LogP contribution < -0.4 is 5.56 Å². The Morgan fingerprint density at radius 3 is 2.57 bits per heavy atom. The van der Waals surface area contributed by atoms with Gasteiger partial charge in [0.05, 0.1) is 16.6 Å². The smallest absolute Gasteiger partial charge is 0.258 e. The Bertz CT molecular complexity index is 1200. The van der Waals surface area contributed by atoms with Crippen LogP contribution in [0.1, 0.15) is 0 Å². The van der Waals surface area contributed by atoms with Crippen LogP contribution in [0, 0.1) is 0 Å².